The Bertz CT molecular complexity index is 569. The number of nitrogens with two attached hydrogens (primary N) is 1. The minimum absolute atomic E-state index is 0.0937. The summed E-state index contributed by atoms with van der Waals surface area (Å²) in [5.41, 5.74) is 6.11. The molecule has 0 bridgehead atoms. The highest BCUT2D eigenvalue weighted by molar-refractivity contribution is 7.80. The third kappa shape index (κ3) is 2.78. The maximum absolute atomic E-state index is 13.2. The second-order valence-corrected chi connectivity index (χ2v) is 4.23. The van der Waals surface area contributed by atoms with Crippen LogP contribution in [0.15, 0.2) is 24.5 Å². The highest BCUT2D eigenvalue weighted by Crippen LogP contribution is 2.15. The van der Waals surface area contributed by atoms with E-state index >= 15 is 0 Å². The molecule has 0 aliphatic carbocycles. The first-order chi connectivity index (χ1) is 8.06. The smallest absolute Gasteiger partial charge is 0.208 e. The summed E-state index contributed by atoms with van der Waals surface area (Å²) in [4.78, 5) is 4.05. The van der Waals surface area contributed by atoms with Gasteiger partial charge in [0, 0.05) is 0 Å². The van der Waals surface area contributed by atoms with E-state index in [-0.39, 0.29) is 10.0 Å². The van der Waals surface area contributed by atoms with Crippen LogP contribution in [0.4, 0.5) is 4.39 Å². The summed E-state index contributed by atoms with van der Waals surface area (Å²) < 4.78 is 14.7. The molecule has 2 aromatic rings. The Hall–Kier alpha value is -1.53. The van der Waals surface area contributed by atoms with Crippen molar-refractivity contribution in [1.82, 2.24) is 14.8 Å². The summed E-state index contributed by atoms with van der Waals surface area (Å²) in [6.07, 6.45) is 1.49. The Morgan fingerprint density at radius 3 is 2.88 bits per heavy atom. The van der Waals surface area contributed by atoms with Crippen LogP contribution in [0.1, 0.15) is 11.4 Å². The van der Waals surface area contributed by atoms with E-state index in [9.17, 15) is 4.39 Å². The second kappa shape index (κ2) is 4.77. The minimum atomic E-state index is -0.459. The zero-order valence-corrected chi connectivity index (χ0v) is 10.2. The molecular formula is C10H8ClFN4S. The van der Waals surface area contributed by atoms with Gasteiger partial charge in [-0.15, -0.1) is 5.10 Å². The standard InChI is InChI=1S/C10H8ClFN4S/c11-7-2-1-6(3-8(7)12)4-16-5-14-10(15-16)9(13)17/h1-3,5H,4H2,(H2,13,17). The molecule has 2 rings (SSSR count). The fourth-order valence-electron chi connectivity index (χ4n) is 1.31. The number of halogens is 2. The third-order valence-corrected chi connectivity index (χ3v) is 2.57. The second-order valence-electron chi connectivity index (χ2n) is 3.38. The van der Waals surface area contributed by atoms with Crippen molar-refractivity contribution in [1.29, 1.82) is 0 Å². The Morgan fingerprint density at radius 1 is 1.53 bits per heavy atom. The average molecular weight is 271 g/mol. The van der Waals surface area contributed by atoms with Crippen molar-refractivity contribution in [3.8, 4) is 0 Å². The molecule has 0 amide bonds. The van der Waals surface area contributed by atoms with E-state index in [1.165, 1.54) is 23.1 Å². The summed E-state index contributed by atoms with van der Waals surface area (Å²) in [6, 6.07) is 4.57. The molecule has 4 nitrogen and oxygen atoms in total. The van der Waals surface area contributed by atoms with E-state index < -0.39 is 5.82 Å². The Kier molecular flexibility index (Phi) is 3.35. The van der Waals surface area contributed by atoms with Gasteiger partial charge in [0.05, 0.1) is 11.6 Å². The zero-order chi connectivity index (χ0) is 12.4. The Morgan fingerprint density at radius 2 is 2.29 bits per heavy atom. The molecule has 0 fully saturated rings. The van der Waals surface area contributed by atoms with Crippen molar-refractivity contribution in [3.63, 3.8) is 0 Å². The minimum Gasteiger partial charge on any atom is -0.387 e. The molecule has 2 N–H and O–H groups in total. The van der Waals surface area contributed by atoms with E-state index in [1.807, 2.05) is 0 Å². The van der Waals surface area contributed by atoms with E-state index in [0.29, 0.717) is 12.4 Å². The summed E-state index contributed by atoms with van der Waals surface area (Å²) in [7, 11) is 0. The van der Waals surface area contributed by atoms with E-state index in [1.54, 1.807) is 6.07 Å². The van der Waals surface area contributed by atoms with Crippen LogP contribution in [-0.2, 0) is 6.54 Å². The maximum atomic E-state index is 13.2. The molecule has 1 aromatic heterocycles. The van der Waals surface area contributed by atoms with Crippen LogP contribution in [0, 0.1) is 5.82 Å². The summed E-state index contributed by atoms with van der Waals surface area (Å²) >= 11 is 10.3. The number of thiocarbonyl (C=S) groups is 1. The van der Waals surface area contributed by atoms with Crippen molar-refractivity contribution in [2.45, 2.75) is 6.54 Å². The summed E-state index contributed by atoms with van der Waals surface area (Å²) in [5.74, 6) is -0.159. The first-order valence-electron chi connectivity index (χ1n) is 4.69. The van der Waals surface area contributed by atoms with Crippen LogP contribution in [0.5, 0.6) is 0 Å². The van der Waals surface area contributed by atoms with Gasteiger partial charge in [-0.1, -0.05) is 29.9 Å². The van der Waals surface area contributed by atoms with Crippen LogP contribution >= 0.6 is 23.8 Å². The van der Waals surface area contributed by atoms with Gasteiger partial charge < -0.3 is 5.73 Å². The van der Waals surface area contributed by atoms with Gasteiger partial charge in [-0.3, -0.25) is 0 Å². The lowest BCUT2D eigenvalue weighted by atomic mass is 10.2. The van der Waals surface area contributed by atoms with Crippen molar-refractivity contribution in [2.75, 3.05) is 0 Å². The lowest BCUT2D eigenvalue weighted by Gasteiger charge is -2.02. The first-order valence-corrected chi connectivity index (χ1v) is 5.48. The van der Waals surface area contributed by atoms with Crippen LogP contribution in [0.25, 0.3) is 0 Å². The van der Waals surface area contributed by atoms with Gasteiger partial charge in [-0.25, -0.2) is 14.1 Å². The largest absolute Gasteiger partial charge is 0.387 e. The molecule has 0 saturated heterocycles. The highest BCUT2D eigenvalue weighted by atomic mass is 35.5. The number of hydrogen-bond donors (Lipinski definition) is 1. The van der Waals surface area contributed by atoms with Crippen LogP contribution in [0.2, 0.25) is 5.02 Å². The van der Waals surface area contributed by atoms with Gasteiger partial charge in [0.2, 0.25) is 5.82 Å². The number of hydrogen-bond acceptors (Lipinski definition) is 3. The number of rotatable bonds is 3. The molecule has 0 atom stereocenters. The van der Waals surface area contributed by atoms with Gasteiger partial charge in [-0.05, 0) is 17.7 Å². The molecule has 7 heteroatoms. The maximum Gasteiger partial charge on any atom is 0.208 e. The predicted molar refractivity (Wildman–Crippen MR) is 66.4 cm³/mol. The first kappa shape index (κ1) is 11.9. The van der Waals surface area contributed by atoms with Gasteiger partial charge in [-0.2, -0.15) is 0 Å². The number of benzene rings is 1. The number of nitrogens with zero attached hydrogens (tertiary/aromatic N) is 3. The third-order valence-electron chi connectivity index (χ3n) is 2.09. The van der Waals surface area contributed by atoms with Crippen molar-refractivity contribution >= 4 is 28.8 Å². The zero-order valence-electron chi connectivity index (χ0n) is 8.60. The normalized spacial score (nSPS) is 10.5. The Balaban J connectivity index is 2.19. The van der Waals surface area contributed by atoms with E-state index in [0.717, 1.165) is 5.56 Å². The number of aromatic nitrogens is 3. The molecule has 1 aromatic carbocycles. The van der Waals surface area contributed by atoms with E-state index in [2.05, 4.69) is 10.1 Å². The molecule has 1 heterocycles. The topological polar surface area (TPSA) is 56.7 Å². The monoisotopic (exact) mass is 270 g/mol. The average Bonchev–Trinajstić information content (AvgIpc) is 2.72. The van der Waals surface area contributed by atoms with Crippen LogP contribution < -0.4 is 5.73 Å². The lowest BCUT2D eigenvalue weighted by Crippen LogP contribution is -2.12. The van der Waals surface area contributed by atoms with Crippen LogP contribution in [0.3, 0.4) is 0 Å². The quantitative estimate of drug-likeness (QED) is 0.864. The van der Waals surface area contributed by atoms with Crippen molar-refractivity contribution in [3.05, 3.63) is 46.8 Å². The molecular weight excluding hydrogens is 263 g/mol. The molecule has 0 saturated carbocycles. The predicted octanol–water partition coefficient (Wildman–Crippen LogP) is 1.75. The highest BCUT2D eigenvalue weighted by Gasteiger charge is 2.05. The molecule has 0 aliphatic rings. The molecule has 0 aliphatic heterocycles. The molecule has 17 heavy (non-hydrogen) atoms. The van der Waals surface area contributed by atoms with Gasteiger partial charge in [0.1, 0.15) is 17.1 Å². The summed E-state index contributed by atoms with van der Waals surface area (Å²) in [5, 5.41) is 4.13. The van der Waals surface area contributed by atoms with Gasteiger partial charge in [0.15, 0.2) is 0 Å². The van der Waals surface area contributed by atoms with Crippen LogP contribution in [-0.4, -0.2) is 19.8 Å². The molecule has 88 valence electrons. The molecule has 0 unspecified atom stereocenters. The van der Waals surface area contributed by atoms with Gasteiger partial charge in [0.25, 0.3) is 0 Å². The van der Waals surface area contributed by atoms with E-state index in [4.69, 9.17) is 29.6 Å². The molecule has 0 radical (unpaired) electrons. The van der Waals surface area contributed by atoms with Crippen molar-refractivity contribution < 1.29 is 4.39 Å². The van der Waals surface area contributed by atoms with Gasteiger partial charge >= 0.3 is 0 Å². The summed E-state index contributed by atoms with van der Waals surface area (Å²) in [6.45, 7) is 0.379. The Labute approximate surface area is 107 Å². The molecule has 0 spiro atoms. The fraction of sp³-hybridized carbons (Fsp3) is 0.100. The fourth-order valence-corrected chi connectivity index (χ4v) is 1.52. The lowest BCUT2D eigenvalue weighted by molar-refractivity contribution is 0.619. The van der Waals surface area contributed by atoms with Crippen molar-refractivity contribution in [2.24, 2.45) is 5.73 Å². The SMILES string of the molecule is NC(=S)c1ncn(Cc2ccc(Cl)c(F)c2)n1.